The third-order valence-electron chi connectivity index (χ3n) is 2.37. The molecule has 84 valence electrons. The first-order chi connectivity index (χ1) is 8.11. The van der Waals surface area contributed by atoms with E-state index in [1.807, 2.05) is 6.07 Å². The Kier molecular flexibility index (Phi) is 2.99. The average Bonchev–Trinajstić information content (AvgIpc) is 2.32. The van der Waals surface area contributed by atoms with E-state index in [1.165, 1.54) is 24.3 Å². The molecule has 0 aliphatic rings. The van der Waals surface area contributed by atoms with Crippen LogP contribution in [0.15, 0.2) is 36.4 Å². The van der Waals surface area contributed by atoms with Gasteiger partial charge in [0.15, 0.2) is 0 Å². The molecule has 1 N–H and O–H groups in total. The highest BCUT2D eigenvalue weighted by atomic mass is 35.5. The zero-order valence-corrected chi connectivity index (χ0v) is 9.37. The number of phenols is 1. The molecule has 0 aliphatic heterocycles. The van der Waals surface area contributed by atoms with Crippen molar-refractivity contribution in [2.24, 2.45) is 0 Å². The second-order valence-corrected chi connectivity index (χ2v) is 3.88. The molecule has 0 atom stereocenters. The van der Waals surface area contributed by atoms with Crippen LogP contribution in [0.3, 0.4) is 0 Å². The molecular formula is C13H7ClFNO. The van der Waals surface area contributed by atoms with Gasteiger partial charge in [0.05, 0.1) is 10.6 Å². The first-order valence-corrected chi connectivity index (χ1v) is 5.18. The Labute approximate surface area is 103 Å². The van der Waals surface area contributed by atoms with Crippen LogP contribution in [-0.4, -0.2) is 5.11 Å². The van der Waals surface area contributed by atoms with Gasteiger partial charge in [-0.15, -0.1) is 0 Å². The van der Waals surface area contributed by atoms with Crippen molar-refractivity contribution in [3.05, 3.63) is 52.8 Å². The van der Waals surface area contributed by atoms with E-state index in [1.54, 1.807) is 12.1 Å². The standard InChI is InChI=1S/C13H7ClFNO/c14-11-5-8(3-4-12(11)15)9-1-2-10(7-16)13(17)6-9/h1-6,17H. The second-order valence-electron chi connectivity index (χ2n) is 3.47. The highest BCUT2D eigenvalue weighted by Crippen LogP contribution is 2.28. The van der Waals surface area contributed by atoms with Crippen molar-refractivity contribution >= 4 is 11.6 Å². The summed E-state index contributed by atoms with van der Waals surface area (Å²) in [5.41, 5.74) is 1.54. The number of hydrogen-bond donors (Lipinski definition) is 1. The van der Waals surface area contributed by atoms with Crippen LogP contribution < -0.4 is 0 Å². The normalized spacial score (nSPS) is 9.94. The largest absolute Gasteiger partial charge is 0.507 e. The van der Waals surface area contributed by atoms with E-state index < -0.39 is 5.82 Å². The monoisotopic (exact) mass is 247 g/mol. The molecular weight excluding hydrogens is 241 g/mol. The zero-order valence-electron chi connectivity index (χ0n) is 8.61. The lowest BCUT2D eigenvalue weighted by Crippen LogP contribution is -1.83. The fourth-order valence-corrected chi connectivity index (χ4v) is 1.66. The summed E-state index contributed by atoms with van der Waals surface area (Å²) in [6.45, 7) is 0. The van der Waals surface area contributed by atoms with Gasteiger partial charge in [0.2, 0.25) is 0 Å². The van der Waals surface area contributed by atoms with Crippen LogP contribution in [0.2, 0.25) is 5.02 Å². The molecule has 0 unspecified atom stereocenters. The number of benzene rings is 2. The van der Waals surface area contributed by atoms with Crippen LogP contribution in [0.1, 0.15) is 5.56 Å². The van der Waals surface area contributed by atoms with Gasteiger partial charge in [-0.2, -0.15) is 5.26 Å². The number of phenolic OH excluding ortho intramolecular Hbond substituents is 1. The summed E-state index contributed by atoms with van der Waals surface area (Å²) in [4.78, 5) is 0. The zero-order chi connectivity index (χ0) is 12.4. The maximum absolute atomic E-state index is 13.0. The van der Waals surface area contributed by atoms with Crippen molar-refractivity contribution in [2.75, 3.05) is 0 Å². The van der Waals surface area contributed by atoms with Crippen molar-refractivity contribution in [3.8, 4) is 22.9 Å². The highest BCUT2D eigenvalue weighted by molar-refractivity contribution is 6.31. The third-order valence-corrected chi connectivity index (χ3v) is 2.66. The minimum absolute atomic E-state index is 0.0198. The van der Waals surface area contributed by atoms with Gasteiger partial charge in [-0.05, 0) is 35.4 Å². The van der Waals surface area contributed by atoms with Crippen LogP contribution in [0.25, 0.3) is 11.1 Å². The minimum Gasteiger partial charge on any atom is -0.507 e. The van der Waals surface area contributed by atoms with Crippen molar-refractivity contribution < 1.29 is 9.50 Å². The highest BCUT2D eigenvalue weighted by Gasteiger charge is 2.06. The first-order valence-electron chi connectivity index (χ1n) is 4.80. The van der Waals surface area contributed by atoms with Gasteiger partial charge in [-0.25, -0.2) is 4.39 Å². The Morgan fingerprint density at radius 1 is 1.12 bits per heavy atom. The maximum Gasteiger partial charge on any atom is 0.141 e. The fourth-order valence-electron chi connectivity index (χ4n) is 1.48. The van der Waals surface area contributed by atoms with E-state index in [9.17, 15) is 9.50 Å². The van der Waals surface area contributed by atoms with Crippen LogP contribution >= 0.6 is 11.6 Å². The molecule has 0 fully saturated rings. The Bertz CT molecular complexity index is 619. The molecule has 0 aliphatic carbocycles. The molecule has 0 bridgehead atoms. The number of nitrogens with zero attached hydrogens (tertiary/aromatic N) is 1. The lowest BCUT2D eigenvalue weighted by atomic mass is 10.0. The second kappa shape index (κ2) is 4.44. The van der Waals surface area contributed by atoms with E-state index in [0.717, 1.165) is 0 Å². The molecule has 0 radical (unpaired) electrons. The summed E-state index contributed by atoms with van der Waals surface area (Å²) in [5, 5.41) is 18.2. The number of nitriles is 1. The number of rotatable bonds is 1. The summed E-state index contributed by atoms with van der Waals surface area (Å²) in [6, 6.07) is 10.8. The summed E-state index contributed by atoms with van der Waals surface area (Å²) < 4.78 is 13.0. The molecule has 0 saturated heterocycles. The molecule has 2 nitrogen and oxygen atoms in total. The molecule has 0 heterocycles. The first kappa shape index (κ1) is 11.4. The number of hydrogen-bond acceptors (Lipinski definition) is 2. The van der Waals surface area contributed by atoms with Gasteiger partial charge >= 0.3 is 0 Å². The summed E-state index contributed by atoms with van der Waals surface area (Å²) >= 11 is 5.67. The molecule has 4 heteroatoms. The van der Waals surface area contributed by atoms with Crippen molar-refractivity contribution in [3.63, 3.8) is 0 Å². The smallest absolute Gasteiger partial charge is 0.141 e. The Balaban J connectivity index is 2.50. The van der Waals surface area contributed by atoms with Crippen molar-refractivity contribution in [2.45, 2.75) is 0 Å². The fraction of sp³-hybridized carbons (Fsp3) is 0. The number of aromatic hydroxyl groups is 1. The minimum atomic E-state index is -0.492. The lowest BCUT2D eigenvalue weighted by molar-refractivity contribution is 0.474. The van der Waals surface area contributed by atoms with Gasteiger partial charge < -0.3 is 5.11 Å². The molecule has 0 amide bonds. The Morgan fingerprint density at radius 3 is 2.35 bits per heavy atom. The van der Waals surface area contributed by atoms with E-state index >= 15 is 0 Å². The summed E-state index contributed by atoms with van der Waals surface area (Å²) in [7, 11) is 0. The van der Waals surface area contributed by atoms with Crippen LogP contribution in [-0.2, 0) is 0 Å². The van der Waals surface area contributed by atoms with Crippen LogP contribution in [0.5, 0.6) is 5.75 Å². The molecule has 0 spiro atoms. The van der Waals surface area contributed by atoms with E-state index in [2.05, 4.69) is 0 Å². The molecule has 17 heavy (non-hydrogen) atoms. The van der Waals surface area contributed by atoms with E-state index in [-0.39, 0.29) is 16.3 Å². The molecule has 0 saturated carbocycles. The van der Waals surface area contributed by atoms with Crippen molar-refractivity contribution in [1.82, 2.24) is 0 Å². The van der Waals surface area contributed by atoms with Gasteiger partial charge in [0.1, 0.15) is 17.6 Å². The maximum atomic E-state index is 13.0. The van der Waals surface area contributed by atoms with Crippen molar-refractivity contribution in [1.29, 1.82) is 5.26 Å². The molecule has 2 aromatic rings. The summed E-state index contributed by atoms with van der Waals surface area (Å²) in [6.07, 6.45) is 0. The Hall–Kier alpha value is -2.05. The quantitative estimate of drug-likeness (QED) is 0.835. The predicted octanol–water partition coefficient (Wildman–Crippen LogP) is 3.72. The lowest BCUT2D eigenvalue weighted by Gasteiger charge is -2.04. The van der Waals surface area contributed by atoms with Crippen LogP contribution in [0, 0.1) is 17.1 Å². The van der Waals surface area contributed by atoms with Gasteiger partial charge in [-0.3, -0.25) is 0 Å². The molecule has 2 aromatic carbocycles. The number of halogens is 2. The molecule has 2 rings (SSSR count). The van der Waals surface area contributed by atoms with Gasteiger partial charge in [0, 0.05) is 0 Å². The van der Waals surface area contributed by atoms with Gasteiger partial charge in [-0.1, -0.05) is 23.7 Å². The SMILES string of the molecule is N#Cc1ccc(-c2ccc(F)c(Cl)c2)cc1O. The predicted molar refractivity (Wildman–Crippen MR) is 63.2 cm³/mol. The average molecular weight is 248 g/mol. The summed E-state index contributed by atoms with van der Waals surface area (Å²) in [5.74, 6) is -0.598. The third kappa shape index (κ3) is 2.22. The molecule has 0 aromatic heterocycles. The van der Waals surface area contributed by atoms with Crippen LogP contribution in [0.4, 0.5) is 4.39 Å². The van der Waals surface area contributed by atoms with E-state index in [4.69, 9.17) is 16.9 Å². The van der Waals surface area contributed by atoms with E-state index in [0.29, 0.717) is 11.1 Å². The Morgan fingerprint density at radius 2 is 1.76 bits per heavy atom. The topological polar surface area (TPSA) is 44.0 Å². The van der Waals surface area contributed by atoms with Gasteiger partial charge in [0.25, 0.3) is 0 Å².